The molecule has 3 atom stereocenters. The first kappa shape index (κ1) is 29.3. The summed E-state index contributed by atoms with van der Waals surface area (Å²) in [6, 6.07) is 11.8. The second-order valence-electron chi connectivity index (χ2n) is 11.1. The van der Waals surface area contributed by atoms with Crippen LogP contribution in [0.4, 0.5) is 0 Å². The maximum absolute atomic E-state index is 14.3. The maximum Gasteiger partial charge on any atom is 0.261 e. The molecule has 2 unspecified atom stereocenters. The Labute approximate surface area is 245 Å². The lowest BCUT2D eigenvalue weighted by atomic mass is 9.77. The predicted molar refractivity (Wildman–Crippen MR) is 155 cm³/mol. The van der Waals surface area contributed by atoms with E-state index < -0.39 is 17.9 Å². The molecular weight excluding hydrogens is 536 g/mol. The van der Waals surface area contributed by atoms with Gasteiger partial charge in [0, 0.05) is 44.5 Å². The fourth-order valence-electron chi connectivity index (χ4n) is 6.57. The fourth-order valence-corrected chi connectivity index (χ4v) is 6.57. The van der Waals surface area contributed by atoms with Gasteiger partial charge in [-0.05, 0) is 49.4 Å². The van der Waals surface area contributed by atoms with Gasteiger partial charge >= 0.3 is 0 Å². The topological polar surface area (TPSA) is 125 Å². The molecule has 42 heavy (non-hydrogen) atoms. The Balaban J connectivity index is 1.49. The zero-order valence-electron chi connectivity index (χ0n) is 24.2. The average Bonchev–Trinajstić information content (AvgIpc) is 3.27. The summed E-state index contributed by atoms with van der Waals surface area (Å²) in [4.78, 5) is 68.6. The zero-order valence-corrected chi connectivity index (χ0v) is 24.2. The average molecular weight is 575 g/mol. The maximum atomic E-state index is 14.3. The van der Waals surface area contributed by atoms with Crippen molar-refractivity contribution in [3.63, 3.8) is 0 Å². The van der Waals surface area contributed by atoms with Crippen molar-refractivity contribution in [3.8, 4) is 5.75 Å². The summed E-state index contributed by atoms with van der Waals surface area (Å²) in [6.45, 7) is 0.663. The van der Waals surface area contributed by atoms with Crippen LogP contribution in [0.2, 0.25) is 0 Å². The molecule has 0 bridgehead atoms. The molecule has 2 heterocycles. The molecule has 2 aromatic rings. The molecule has 3 aliphatic rings. The standard InChI is InChI=1S/C32H38N4O6/c1-33-27(37)15-8-18-42-26-14-7-9-20-16-17-35(30(39)22-11-4-3-10-21(22)29(38)34-2)25(28(20)26)19-36-31(40)23-12-5-6-13-24(23)32(36)41/h5-7,9,12-14,21-22,25H,3-4,8,10-11,15-19H2,1-2H3,(H,33,37)(H,34,38)/t21?,22?,25-/m1/s1. The Bertz CT molecular complexity index is 1360. The number of rotatable bonds is 9. The fraction of sp³-hybridized carbons (Fsp3) is 0.469. The van der Waals surface area contributed by atoms with Crippen molar-refractivity contribution in [1.29, 1.82) is 0 Å². The number of carbonyl (C=O) groups excluding carboxylic acids is 5. The summed E-state index contributed by atoms with van der Waals surface area (Å²) in [6.07, 6.45) is 4.39. The summed E-state index contributed by atoms with van der Waals surface area (Å²) < 4.78 is 6.19. The molecule has 1 aliphatic carbocycles. The van der Waals surface area contributed by atoms with Crippen molar-refractivity contribution < 1.29 is 28.7 Å². The van der Waals surface area contributed by atoms with Crippen LogP contribution in [0.25, 0.3) is 0 Å². The van der Waals surface area contributed by atoms with E-state index in [1.807, 2.05) is 18.2 Å². The van der Waals surface area contributed by atoms with Crippen molar-refractivity contribution >= 4 is 29.5 Å². The molecule has 2 aromatic carbocycles. The molecular formula is C32H38N4O6. The minimum Gasteiger partial charge on any atom is -0.493 e. The smallest absolute Gasteiger partial charge is 0.261 e. The number of carbonyl (C=O) groups is 5. The summed E-state index contributed by atoms with van der Waals surface area (Å²) in [5, 5.41) is 5.33. The molecule has 2 N–H and O–H groups in total. The Morgan fingerprint density at radius 1 is 0.905 bits per heavy atom. The van der Waals surface area contributed by atoms with Crippen LogP contribution in [-0.2, 0) is 20.8 Å². The SMILES string of the molecule is CNC(=O)CCCOc1cccc2c1[C@@H](CN1C(=O)c3ccccc3C1=O)N(C(=O)C1CCCCC1C(=O)NC)CC2. The highest BCUT2D eigenvalue weighted by Crippen LogP contribution is 2.41. The van der Waals surface area contributed by atoms with Crippen molar-refractivity contribution in [2.45, 2.75) is 51.0 Å². The van der Waals surface area contributed by atoms with E-state index in [0.717, 1.165) is 24.0 Å². The van der Waals surface area contributed by atoms with Gasteiger partial charge in [0.15, 0.2) is 0 Å². The van der Waals surface area contributed by atoms with E-state index in [4.69, 9.17) is 4.74 Å². The number of fused-ring (bicyclic) bond motifs is 2. The lowest BCUT2D eigenvalue weighted by molar-refractivity contribution is -0.146. The highest BCUT2D eigenvalue weighted by atomic mass is 16.5. The molecule has 10 nitrogen and oxygen atoms in total. The number of nitrogens with zero attached hydrogens (tertiary/aromatic N) is 2. The Morgan fingerprint density at radius 2 is 1.60 bits per heavy atom. The number of ether oxygens (including phenoxy) is 1. The summed E-state index contributed by atoms with van der Waals surface area (Å²) >= 11 is 0. The lowest BCUT2D eigenvalue weighted by Gasteiger charge is -2.42. The molecule has 0 saturated heterocycles. The molecule has 0 radical (unpaired) electrons. The van der Waals surface area contributed by atoms with E-state index in [-0.39, 0.29) is 36.1 Å². The first-order valence-corrected chi connectivity index (χ1v) is 14.8. The van der Waals surface area contributed by atoms with E-state index in [9.17, 15) is 24.0 Å². The zero-order chi connectivity index (χ0) is 29.8. The third kappa shape index (κ3) is 5.62. The molecule has 1 fully saturated rings. The largest absolute Gasteiger partial charge is 0.493 e. The Morgan fingerprint density at radius 3 is 2.26 bits per heavy atom. The molecule has 2 aliphatic heterocycles. The monoisotopic (exact) mass is 574 g/mol. The van der Waals surface area contributed by atoms with Crippen LogP contribution in [-0.4, -0.2) is 73.1 Å². The summed E-state index contributed by atoms with van der Waals surface area (Å²) in [5.41, 5.74) is 2.45. The second-order valence-corrected chi connectivity index (χ2v) is 11.1. The van der Waals surface area contributed by atoms with Crippen molar-refractivity contribution in [2.24, 2.45) is 11.8 Å². The van der Waals surface area contributed by atoms with Gasteiger partial charge in [0.05, 0.1) is 30.3 Å². The van der Waals surface area contributed by atoms with E-state index in [1.54, 1.807) is 43.3 Å². The number of amides is 5. The van der Waals surface area contributed by atoms with Crippen molar-refractivity contribution in [2.75, 3.05) is 33.8 Å². The quantitative estimate of drug-likeness (QED) is 0.351. The van der Waals surface area contributed by atoms with Gasteiger partial charge in [-0.25, -0.2) is 0 Å². The van der Waals surface area contributed by atoms with Gasteiger partial charge in [0.25, 0.3) is 11.8 Å². The van der Waals surface area contributed by atoms with Crippen LogP contribution in [0.1, 0.15) is 76.4 Å². The van der Waals surface area contributed by atoms with Gasteiger partial charge in [0.1, 0.15) is 5.75 Å². The van der Waals surface area contributed by atoms with Gasteiger partial charge < -0.3 is 20.3 Å². The molecule has 1 saturated carbocycles. The van der Waals surface area contributed by atoms with Gasteiger partial charge in [-0.15, -0.1) is 0 Å². The van der Waals surface area contributed by atoms with E-state index in [2.05, 4.69) is 10.6 Å². The second kappa shape index (κ2) is 12.8. The minimum atomic E-state index is -0.647. The van der Waals surface area contributed by atoms with E-state index >= 15 is 0 Å². The molecule has 0 spiro atoms. The summed E-state index contributed by atoms with van der Waals surface area (Å²) in [5.74, 6) is -1.46. The van der Waals surface area contributed by atoms with E-state index in [1.165, 1.54) is 4.90 Å². The first-order valence-electron chi connectivity index (χ1n) is 14.8. The Kier molecular flexibility index (Phi) is 8.89. The number of hydrogen-bond acceptors (Lipinski definition) is 6. The number of imide groups is 1. The normalized spacial score (nSPS) is 21.4. The van der Waals surface area contributed by atoms with E-state index in [0.29, 0.717) is 62.1 Å². The third-order valence-electron chi connectivity index (χ3n) is 8.76. The van der Waals surface area contributed by atoms with Gasteiger partial charge in [0.2, 0.25) is 17.7 Å². The van der Waals surface area contributed by atoms with Crippen LogP contribution in [0.15, 0.2) is 42.5 Å². The highest BCUT2D eigenvalue weighted by molar-refractivity contribution is 6.21. The first-order chi connectivity index (χ1) is 20.3. The predicted octanol–water partition coefficient (Wildman–Crippen LogP) is 2.87. The van der Waals surface area contributed by atoms with Crippen LogP contribution >= 0.6 is 0 Å². The van der Waals surface area contributed by atoms with Crippen LogP contribution in [0, 0.1) is 11.8 Å². The van der Waals surface area contributed by atoms with Gasteiger partial charge in [-0.1, -0.05) is 37.1 Å². The number of nitrogens with one attached hydrogen (secondary N) is 2. The third-order valence-corrected chi connectivity index (χ3v) is 8.76. The lowest BCUT2D eigenvalue weighted by Crippen LogP contribution is -2.51. The molecule has 10 heteroatoms. The molecule has 5 amide bonds. The van der Waals surface area contributed by atoms with Crippen molar-refractivity contribution in [1.82, 2.24) is 20.4 Å². The van der Waals surface area contributed by atoms with Gasteiger partial charge in [-0.2, -0.15) is 0 Å². The summed E-state index contributed by atoms with van der Waals surface area (Å²) in [7, 11) is 3.18. The van der Waals surface area contributed by atoms with Crippen LogP contribution < -0.4 is 15.4 Å². The van der Waals surface area contributed by atoms with Gasteiger partial charge in [-0.3, -0.25) is 28.9 Å². The minimum absolute atomic E-state index is 0.0267. The molecule has 0 aromatic heterocycles. The van der Waals surface area contributed by atoms with Crippen molar-refractivity contribution in [3.05, 3.63) is 64.7 Å². The number of benzene rings is 2. The Hall–Kier alpha value is -4.21. The molecule has 222 valence electrons. The van der Waals surface area contributed by atoms with Crippen LogP contribution in [0.5, 0.6) is 5.75 Å². The number of hydrogen-bond donors (Lipinski definition) is 2. The highest BCUT2D eigenvalue weighted by Gasteiger charge is 2.44. The van der Waals surface area contributed by atoms with Crippen LogP contribution in [0.3, 0.4) is 0 Å². The molecule has 5 rings (SSSR count).